The van der Waals surface area contributed by atoms with Gasteiger partial charge in [0.25, 0.3) is 5.56 Å². The van der Waals surface area contributed by atoms with Crippen LogP contribution in [0.4, 0.5) is 5.95 Å². The highest BCUT2D eigenvalue weighted by molar-refractivity contribution is 5.75. The Hall–Kier alpha value is -3.38. The highest BCUT2D eigenvalue weighted by Gasteiger charge is 2.29. The molecule has 1 aliphatic rings. The van der Waals surface area contributed by atoms with E-state index in [9.17, 15) is 14.9 Å². The van der Waals surface area contributed by atoms with Crippen LogP contribution < -0.4 is 21.9 Å². The SMILES string of the molecule is C[C@H](c1ccccc1C#N)n1c(N2CCC(N)C2)nc2c1c(=O)[nH]c(=O)n2C. The molecule has 0 spiro atoms. The number of hydrogen-bond donors (Lipinski definition) is 2. The molecular weight excluding hydrogens is 358 g/mol. The minimum absolute atomic E-state index is 0.0251. The minimum Gasteiger partial charge on any atom is -0.341 e. The minimum atomic E-state index is -0.517. The molecule has 3 N–H and O–H groups in total. The number of imidazole rings is 1. The van der Waals surface area contributed by atoms with Crippen LogP contribution in [-0.4, -0.2) is 38.2 Å². The van der Waals surface area contributed by atoms with E-state index in [2.05, 4.69) is 16.0 Å². The van der Waals surface area contributed by atoms with E-state index >= 15 is 0 Å². The van der Waals surface area contributed by atoms with E-state index in [0.29, 0.717) is 35.8 Å². The number of anilines is 1. The molecule has 28 heavy (non-hydrogen) atoms. The van der Waals surface area contributed by atoms with Gasteiger partial charge in [-0.1, -0.05) is 18.2 Å². The monoisotopic (exact) mass is 379 g/mol. The summed E-state index contributed by atoms with van der Waals surface area (Å²) in [4.78, 5) is 33.8. The first-order chi connectivity index (χ1) is 13.4. The summed E-state index contributed by atoms with van der Waals surface area (Å²) in [5.74, 6) is 0.579. The lowest BCUT2D eigenvalue weighted by molar-refractivity contribution is 0.640. The maximum Gasteiger partial charge on any atom is 0.329 e. The van der Waals surface area contributed by atoms with Crippen LogP contribution in [0.15, 0.2) is 33.9 Å². The summed E-state index contributed by atoms with van der Waals surface area (Å²) < 4.78 is 3.14. The van der Waals surface area contributed by atoms with Crippen molar-refractivity contribution in [1.82, 2.24) is 19.1 Å². The summed E-state index contributed by atoms with van der Waals surface area (Å²) in [6.07, 6.45) is 0.821. The maximum atomic E-state index is 12.7. The zero-order chi connectivity index (χ0) is 20.0. The molecule has 0 aliphatic carbocycles. The van der Waals surface area contributed by atoms with E-state index in [1.807, 2.05) is 28.5 Å². The highest BCUT2D eigenvalue weighted by atomic mass is 16.2. The van der Waals surface area contributed by atoms with Crippen molar-refractivity contribution in [2.75, 3.05) is 18.0 Å². The first-order valence-electron chi connectivity index (χ1n) is 9.13. The standard InChI is InChI=1S/C19H21N7O2/c1-11(14-6-4-3-5-12(14)9-20)26-15-16(24(2)19(28)23-17(15)27)22-18(26)25-8-7-13(21)10-25/h3-6,11,13H,7-8,10,21H2,1-2H3,(H,23,27,28)/t11-,13?/m1/s1. The van der Waals surface area contributed by atoms with Crippen molar-refractivity contribution in [3.63, 3.8) is 0 Å². The van der Waals surface area contributed by atoms with Gasteiger partial charge in [-0.15, -0.1) is 0 Å². The number of nitrogens with one attached hydrogen (secondary N) is 1. The summed E-state index contributed by atoms with van der Waals surface area (Å²) in [6, 6.07) is 9.17. The second-order valence-electron chi connectivity index (χ2n) is 7.14. The third kappa shape index (κ3) is 2.70. The summed E-state index contributed by atoms with van der Waals surface area (Å²) in [6.45, 7) is 3.24. The van der Waals surface area contributed by atoms with E-state index in [1.54, 1.807) is 19.2 Å². The van der Waals surface area contributed by atoms with Crippen molar-refractivity contribution in [1.29, 1.82) is 5.26 Å². The average molecular weight is 379 g/mol. The first-order valence-corrected chi connectivity index (χ1v) is 9.13. The smallest absolute Gasteiger partial charge is 0.329 e. The Balaban J connectivity index is 2.03. The fraction of sp³-hybridized carbons (Fsp3) is 0.368. The van der Waals surface area contributed by atoms with Crippen molar-refractivity contribution in [2.45, 2.75) is 25.4 Å². The topological polar surface area (TPSA) is 126 Å². The van der Waals surface area contributed by atoms with Gasteiger partial charge in [-0.2, -0.15) is 10.2 Å². The molecule has 2 aromatic heterocycles. The zero-order valence-corrected chi connectivity index (χ0v) is 15.7. The molecular formula is C19H21N7O2. The molecule has 144 valence electrons. The summed E-state index contributed by atoms with van der Waals surface area (Å²) in [5.41, 5.74) is 6.99. The van der Waals surface area contributed by atoms with Crippen molar-refractivity contribution in [3.8, 4) is 6.07 Å². The molecule has 1 aliphatic heterocycles. The van der Waals surface area contributed by atoms with Crippen LogP contribution in [0.25, 0.3) is 11.2 Å². The number of aryl methyl sites for hydroxylation is 1. The lowest BCUT2D eigenvalue weighted by Gasteiger charge is -2.23. The van der Waals surface area contributed by atoms with Crippen molar-refractivity contribution in [2.24, 2.45) is 12.8 Å². The molecule has 1 unspecified atom stereocenters. The second-order valence-corrected chi connectivity index (χ2v) is 7.14. The third-order valence-electron chi connectivity index (χ3n) is 5.36. The Morgan fingerprint density at radius 1 is 1.36 bits per heavy atom. The van der Waals surface area contributed by atoms with Crippen molar-refractivity contribution < 1.29 is 0 Å². The first kappa shape index (κ1) is 18.0. The predicted molar refractivity (Wildman–Crippen MR) is 105 cm³/mol. The number of aromatic amines is 1. The number of hydrogen-bond acceptors (Lipinski definition) is 6. The van der Waals surface area contributed by atoms with Crippen LogP contribution in [0.5, 0.6) is 0 Å². The van der Waals surface area contributed by atoms with E-state index in [1.165, 1.54) is 4.57 Å². The fourth-order valence-corrected chi connectivity index (χ4v) is 3.85. The molecule has 1 fully saturated rings. The number of rotatable bonds is 3. The van der Waals surface area contributed by atoms with Gasteiger partial charge < -0.3 is 10.6 Å². The molecule has 0 saturated carbocycles. The van der Waals surface area contributed by atoms with Gasteiger partial charge in [-0.25, -0.2) is 4.79 Å². The Morgan fingerprint density at radius 3 is 2.79 bits per heavy atom. The number of benzene rings is 1. The van der Waals surface area contributed by atoms with E-state index in [0.717, 1.165) is 12.0 Å². The molecule has 4 rings (SSSR count). The normalized spacial score (nSPS) is 17.8. The van der Waals surface area contributed by atoms with Gasteiger partial charge in [0.15, 0.2) is 11.2 Å². The largest absolute Gasteiger partial charge is 0.341 e. The predicted octanol–water partition coefficient (Wildman–Crippen LogP) is 0.442. The average Bonchev–Trinajstić information content (AvgIpc) is 3.29. The summed E-state index contributed by atoms with van der Waals surface area (Å²) in [5, 5.41) is 9.51. The molecule has 0 amide bonds. The van der Waals surface area contributed by atoms with Gasteiger partial charge in [-0.05, 0) is 25.0 Å². The van der Waals surface area contributed by atoms with Crippen LogP contribution in [0, 0.1) is 11.3 Å². The molecule has 0 bridgehead atoms. The van der Waals surface area contributed by atoms with Gasteiger partial charge >= 0.3 is 5.69 Å². The van der Waals surface area contributed by atoms with E-state index in [4.69, 9.17) is 5.73 Å². The molecule has 9 nitrogen and oxygen atoms in total. The second kappa shape index (κ2) is 6.65. The maximum absolute atomic E-state index is 12.7. The van der Waals surface area contributed by atoms with Crippen LogP contribution >= 0.6 is 0 Å². The van der Waals surface area contributed by atoms with Gasteiger partial charge in [-0.3, -0.25) is 18.9 Å². The third-order valence-corrected chi connectivity index (χ3v) is 5.36. The number of aromatic nitrogens is 4. The quantitative estimate of drug-likeness (QED) is 0.680. The number of nitrogens with two attached hydrogens (primary N) is 1. The zero-order valence-electron chi connectivity index (χ0n) is 15.7. The Bertz CT molecular complexity index is 1210. The van der Waals surface area contributed by atoms with Crippen LogP contribution in [0.1, 0.15) is 30.5 Å². The number of nitriles is 1. The van der Waals surface area contributed by atoms with Crippen molar-refractivity contribution >= 4 is 17.1 Å². The molecule has 1 saturated heterocycles. The van der Waals surface area contributed by atoms with Gasteiger partial charge in [0, 0.05) is 26.2 Å². The fourth-order valence-electron chi connectivity index (χ4n) is 3.85. The lowest BCUT2D eigenvalue weighted by Crippen LogP contribution is -2.31. The molecule has 2 atom stereocenters. The number of nitrogens with zero attached hydrogens (tertiary/aromatic N) is 5. The highest BCUT2D eigenvalue weighted by Crippen LogP contribution is 2.31. The van der Waals surface area contributed by atoms with Crippen LogP contribution in [-0.2, 0) is 7.05 Å². The summed E-state index contributed by atoms with van der Waals surface area (Å²) in [7, 11) is 1.57. The number of H-pyrrole nitrogens is 1. The summed E-state index contributed by atoms with van der Waals surface area (Å²) >= 11 is 0. The molecule has 0 radical (unpaired) electrons. The van der Waals surface area contributed by atoms with E-state index < -0.39 is 11.2 Å². The Labute approximate surface area is 160 Å². The Morgan fingerprint density at radius 2 is 2.11 bits per heavy atom. The van der Waals surface area contributed by atoms with E-state index in [-0.39, 0.29) is 12.1 Å². The molecule has 3 aromatic rings. The lowest BCUT2D eigenvalue weighted by atomic mass is 10.0. The number of fused-ring (bicyclic) bond motifs is 1. The molecule has 9 heteroatoms. The van der Waals surface area contributed by atoms with Gasteiger partial charge in [0.05, 0.1) is 17.7 Å². The van der Waals surface area contributed by atoms with Gasteiger partial charge in [0.1, 0.15) is 0 Å². The van der Waals surface area contributed by atoms with Crippen molar-refractivity contribution in [3.05, 3.63) is 56.2 Å². The molecule has 1 aromatic carbocycles. The van der Waals surface area contributed by atoms with Crippen LogP contribution in [0.2, 0.25) is 0 Å². The van der Waals surface area contributed by atoms with Gasteiger partial charge in [0.2, 0.25) is 5.95 Å². The van der Waals surface area contributed by atoms with Crippen LogP contribution in [0.3, 0.4) is 0 Å². The molecule has 3 heterocycles. The Kier molecular flexibility index (Phi) is 4.28.